The minimum atomic E-state index is -0.621. The number of nitrogens with one attached hydrogen (secondary N) is 1. The predicted molar refractivity (Wildman–Crippen MR) is 77.6 cm³/mol. The van der Waals surface area contributed by atoms with Gasteiger partial charge >= 0.3 is 12.0 Å². The van der Waals surface area contributed by atoms with Crippen molar-refractivity contribution in [2.45, 2.75) is 20.0 Å². The molecule has 1 saturated heterocycles. The Morgan fingerprint density at radius 2 is 1.95 bits per heavy atom. The summed E-state index contributed by atoms with van der Waals surface area (Å²) in [5.74, 6) is -0.511. The molecule has 1 aromatic rings. The fourth-order valence-electron chi connectivity index (χ4n) is 1.94. The van der Waals surface area contributed by atoms with E-state index in [4.69, 9.17) is 9.47 Å². The molecule has 3 amide bonds. The molecule has 7 heteroatoms. The summed E-state index contributed by atoms with van der Waals surface area (Å²) in [7, 11) is 0. The topological polar surface area (TPSA) is 84.9 Å². The molecular formula is C15H18N2O5. The van der Waals surface area contributed by atoms with Gasteiger partial charge in [0.15, 0.2) is 6.61 Å². The summed E-state index contributed by atoms with van der Waals surface area (Å²) < 4.78 is 10.4. The van der Waals surface area contributed by atoms with Gasteiger partial charge in [0, 0.05) is 13.1 Å². The molecule has 0 saturated carbocycles. The van der Waals surface area contributed by atoms with Crippen molar-refractivity contribution in [3.63, 3.8) is 0 Å². The highest BCUT2D eigenvalue weighted by molar-refractivity contribution is 5.98. The number of ether oxygens (including phenoxy) is 2. The van der Waals surface area contributed by atoms with Gasteiger partial charge in [0.1, 0.15) is 5.75 Å². The highest BCUT2D eigenvalue weighted by Crippen LogP contribution is 2.14. The zero-order valence-electron chi connectivity index (χ0n) is 12.5. The first-order chi connectivity index (χ1) is 10.5. The Morgan fingerprint density at radius 1 is 1.27 bits per heavy atom. The van der Waals surface area contributed by atoms with Crippen LogP contribution in [0.25, 0.3) is 0 Å². The van der Waals surface area contributed by atoms with Gasteiger partial charge in [-0.05, 0) is 38.1 Å². The maximum Gasteiger partial charge on any atom is 0.338 e. The van der Waals surface area contributed by atoms with E-state index >= 15 is 0 Å². The third-order valence-electron chi connectivity index (χ3n) is 2.95. The largest absolute Gasteiger partial charge is 0.491 e. The first-order valence-corrected chi connectivity index (χ1v) is 6.99. The Morgan fingerprint density at radius 3 is 2.50 bits per heavy atom. The van der Waals surface area contributed by atoms with Gasteiger partial charge in [-0.25, -0.2) is 9.59 Å². The Bertz CT molecular complexity index is 568. The normalized spacial score (nSPS) is 14.0. The molecule has 0 unspecified atom stereocenters. The molecule has 0 aliphatic carbocycles. The van der Waals surface area contributed by atoms with Crippen LogP contribution in [-0.2, 0) is 9.53 Å². The summed E-state index contributed by atoms with van der Waals surface area (Å²) in [5, 5.41) is 2.50. The first kappa shape index (κ1) is 15.8. The summed E-state index contributed by atoms with van der Waals surface area (Å²) >= 11 is 0. The summed E-state index contributed by atoms with van der Waals surface area (Å²) in [4.78, 5) is 35.9. The van der Waals surface area contributed by atoms with Crippen LogP contribution in [0.2, 0.25) is 0 Å². The second-order valence-corrected chi connectivity index (χ2v) is 5.04. The number of carbonyl (C=O) groups is 3. The van der Waals surface area contributed by atoms with E-state index in [2.05, 4.69) is 5.32 Å². The Kier molecular flexibility index (Phi) is 4.98. The minimum Gasteiger partial charge on any atom is -0.491 e. The standard InChI is InChI=1S/C15H18N2O5/c1-10(2)22-12-5-3-11(4-6-12)14(19)21-9-13(18)17-8-7-16-15(17)20/h3-6,10H,7-9H2,1-2H3,(H,16,20). The van der Waals surface area contributed by atoms with Gasteiger partial charge in [-0.3, -0.25) is 9.69 Å². The molecule has 0 spiro atoms. The van der Waals surface area contributed by atoms with Crippen LogP contribution in [0.5, 0.6) is 5.75 Å². The summed E-state index contributed by atoms with van der Waals surface area (Å²) in [6, 6.07) is 5.98. The van der Waals surface area contributed by atoms with Crippen LogP contribution in [0.3, 0.4) is 0 Å². The number of hydrogen-bond acceptors (Lipinski definition) is 5. The molecule has 0 radical (unpaired) electrons. The molecule has 0 bridgehead atoms. The van der Waals surface area contributed by atoms with Crippen molar-refractivity contribution < 1.29 is 23.9 Å². The van der Waals surface area contributed by atoms with E-state index in [-0.39, 0.29) is 12.6 Å². The van der Waals surface area contributed by atoms with Gasteiger partial charge in [-0.2, -0.15) is 0 Å². The first-order valence-electron chi connectivity index (χ1n) is 6.99. The van der Waals surface area contributed by atoms with E-state index < -0.39 is 24.5 Å². The summed E-state index contributed by atoms with van der Waals surface area (Å²) in [6.45, 7) is 4.05. The highest BCUT2D eigenvalue weighted by atomic mass is 16.5. The van der Waals surface area contributed by atoms with Crippen molar-refractivity contribution in [3.05, 3.63) is 29.8 Å². The number of hydrogen-bond donors (Lipinski definition) is 1. The fourth-order valence-corrected chi connectivity index (χ4v) is 1.94. The van der Waals surface area contributed by atoms with Crippen LogP contribution in [0, 0.1) is 0 Å². The van der Waals surface area contributed by atoms with E-state index in [0.29, 0.717) is 17.9 Å². The predicted octanol–water partition coefficient (Wildman–Crippen LogP) is 1.18. The van der Waals surface area contributed by atoms with Crippen LogP contribution in [0.4, 0.5) is 4.79 Å². The number of rotatable bonds is 5. The fraction of sp³-hybridized carbons (Fsp3) is 0.400. The van der Waals surface area contributed by atoms with Crippen LogP contribution in [0.15, 0.2) is 24.3 Å². The van der Waals surface area contributed by atoms with E-state index in [1.54, 1.807) is 24.3 Å². The maximum absolute atomic E-state index is 11.8. The SMILES string of the molecule is CC(C)Oc1ccc(C(=O)OCC(=O)N2CCNC2=O)cc1. The van der Waals surface area contributed by atoms with E-state index in [1.807, 2.05) is 13.8 Å². The number of imide groups is 1. The van der Waals surface area contributed by atoms with Crippen molar-refractivity contribution in [3.8, 4) is 5.75 Å². The Labute approximate surface area is 128 Å². The second kappa shape index (κ2) is 6.93. The smallest absolute Gasteiger partial charge is 0.338 e. The van der Waals surface area contributed by atoms with Crippen LogP contribution < -0.4 is 10.1 Å². The summed E-state index contributed by atoms with van der Waals surface area (Å²) in [6.07, 6.45) is 0.0435. The Hall–Kier alpha value is -2.57. The molecule has 7 nitrogen and oxygen atoms in total. The molecule has 2 rings (SSSR count). The average molecular weight is 306 g/mol. The van der Waals surface area contributed by atoms with Gasteiger partial charge in [-0.15, -0.1) is 0 Å². The van der Waals surface area contributed by atoms with Crippen molar-refractivity contribution in [1.82, 2.24) is 10.2 Å². The number of nitrogens with zero attached hydrogens (tertiary/aromatic N) is 1. The molecule has 1 aliphatic heterocycles. The van der Waals surface area contributed by atoms with Gasteiger partial charge < -0.3 is 14.8 Å². The number of carbonyl (C=O) groups excluding carboxylic acids is 3. The molecule has 0 atom stereocenters. The zero-order chi connectivity index (χ0) is 16.1. The molecular weight excluding hydrogens is 288 g/mol. The number of amides is 3. The van der Waals surface area contributed by atoms with Crippen molar-refractivity contribution >= 4 is 17.9 Å². The van der Waals surface area contributed by atoms with Crippen LogP contribution in [0.1, 0.15) is 24.2 Å². The lowest BCUT2D eigenvalue weighted by molar-refractivity contribution is -0.130. The molecule has 22 heavy (non-hydrogen) atoms. The number of esters is 1. The van der Waals surface area contributed by atoms with Crippen molar-refractivity contribution in [2.75, 3.05) is 19.7 Å². The van der Waals surface area contributed by atoms with Crippen molar-refractivity contribution in [1.29, 1.82) is 0 Å². The van der Waals surface area contributed by atoms with Crippen LogP contribution >= 0.6 is 0 Å². The molecule has 1 heterocycles. The van der Waals surface area contributed by atoms with E-state index in [1.165, 1.54) is 0 Å². The number of benzene rings is 1. The summed E-state index contributed by atoms with van der Waals surface area (Å²) in [5.41, 5.74) is 0.315. The molecule has 1 aliphatic rings. The lowest BCUT2D eigenvalue weighted by Crippen LogP contribution is -2.37. The van der Waals surface area contributed by atoms with Crippen LogP contribution in [-0.4, -0.2) is 48.6 Å². The van der Waals surface area contributed by atoms with Gasteiger partial charge in [0.05, 0.1) is 11.7 Å². The highest BCUT2D eigenvalue weighted by Gasteiger charge is 2.26. The molecule has 1 aromatic carbocycles. The number of urea groups is 1. The quantitative estimate of drug-likeness (QED) is 0.826. The third-order valence-corrected chi connectivity index (χ3v) is 2.95. The van der Waals surface area contributed by atoms with Gasteiger partial charge in [0.25, 0.3) is 5.91 Å². The van der Waals surface area contributed by atoms with Gasteiger partial charge in [-0.1, -0.05) is 0 Å². The van der Waals surface area contributed by atoms with Gasteiger partial charge in [0.2, 0.25) is 0 Å². The molecule has 0 aromatic heterocycles. The lowest BCUT2D eigenvalue weighted by Gasteiger charge is -2.12. The molecule has 1 N–H and O–H groups in total. The average Bonchev–Trinajstić information content (AvgIpc) is 2.91. The maximum atomic E-state index is 11.8. The Balaban J connectivity index is 1.86. The van der Waals surface area contributed by atoms with Crippen molar-refractivity contribution in [2.24, 2.45) is 0 Å². The molecule has 1 fully saturated rings. The zero-order valence-corrected chi connectivity index (χ0v) is 12.5. The minimum absolute atomic E-state index is 0.0435. The van der Waals surface area contributed by atoms with E-state index in [0.717, 1.165) is 4.90 Å². The molecule has 118 valence electrons. The second-order valence-electron chi connectivity index (χ2n) is 5.04. The van der Waals surface area contributed by atoms with E-state index in [9.17, 15) is 14.4 Å². The third kappa shape index (κ3) is 3.97. The lowest BCUT2D eigenvalue weighted by atomic mass is 10.2. The monoisotopic (exact) mass is 306 g/mol.